The van der Waals surface area contributed by atoms with Crippen LogP contribution in [0.3, 0.4) is 0 Å². The van der Waals surface area contributed by atoms with Crippen LogP contribution in [0.1, 0.15) is 47.2 Å². The fourth-order valence-corrected chi connectivity index (χ4v) is 8.58. The van der Waals surface area contributed by atoms with Gasteiger partial charge in [-0.3, -0.25) is 0 Å². The van der Waals surface area contributed by atoms with Gasteiger partial charge < -0.3 is 4.74 Å². The number of aromatic nitrogens is 3. The van der Waals surface area contributed by atoms with Crippen molar-refractivity contribution in [1.82, 2.24) is 15.0 Å². The number of benzene rings is 7. The molecule has 0 unspecified atom stereocenters. The molecule has 4 nitrogen and oxygen atoms in total. The number of para-hydroxylation sites is 1. The molecular weight excluding hydrogens is 647 g/mol. The second-order valence-electron chi connectivity index (χ2n) is 14.4. The number of ether oxygens (including phenoxy) is 1. The molecule has 2 aliphatic rings. The number of hydrogen-bond acceptors (Lipinski definition) is 4. The standard InChI is InChI=1S/C49H35N3O/c1-48(2)37-22-9-11-24-39(37)49(40-25-12-10-23-38(40)48)41-26-13-14-27-43(41)53-44-29-28-36(31-42(44)49)47-51-45(33-18-7-4-8-19-33)50-46(52-47)35-21-15-20-34(30-35)32-16-5-3-6-17-32/h3-31H,1-2H3. The Hall–Kier alpha value is -6.65. The van der Waals surface area contributed by atoms with E-state index in [1.807, 2.05) is 36.4 Å². The third-order valence-corrected chi connectivity index (χ3v) is 11.1. The van der Waals surface area contributed by atoms with Crippen molar-refractivity contribution >= 4 is 0 Å². The van der Waals surface area contributed by atoms with Crippen molar-refractivity contribution in [3.05, 3.63) is 209 Å². The van der Waals surface area contributed by atoms with Crippen LogP contribution in [0.15, 0.2) is 176 Å². The Kier molecular flexibility index (Phi) is 7.02. The van der Waals surface area contributed by atoms with E-state index < -0.39 is 5.41 Å². The van der Waals surface area contributed by atoms with Gasteiger partial charge in [0, 0.05) is 33.2 Å². The molecule has 0 radical (unpaired) electrons. The lowest BCUT2D eigenvalue weighted by atomic mass is 9.53. The van der Waals surface area contributed by atoms with E-state index in [9.17, 15) is 0 Å². The molecule has 0 N–H and O–H groups in total. The quantitative estimate of drug-likeness (QED) is 0.185. The summed E-state index contributed by atoms with van der Waals surface area (Å²) in [7, 11) is 0. The topological polar surface area (TPSA) is 47.9 Å². The average Bonchev–Trinajstić information content (AvgIpc) is 3.23. The number of fused-ring (bicyclic) bond motifs is 8. The van der Waals surface area contributed by atoms with Crippen LogP contribution in [0.4, 0.5) is 0 Å². The van der Waals surface area contributed by atoms with Crippen LogP contribution in [-0.4, -0.2) is 15.0 Å². The molecule has 7 aromatic carbocycles. The van der Waals surface area contributed by atoms with Crippen molar-refractivity contribution < 1.29 is 4.74 Å². The lowest BCUT2D eigenvalue weighted by molar-refractivity contribution is 0.425. The van der Waals surface area contributed by atoms with E-state index in [2.05, 4.69) is 153 Å². The molecule has 4 heteroatoms. The number of hydrogen-bond donors (Lipinski definition) is 0. The summed E-state index contributed by atoms with van der Waals surface area (Å²) in [5, 5.41) is 0. The molecule has 1 aliphatic heterocycles. The van der Waals surface area contributed by atoms with Crippen molar-refractivity contribution in [2.24, 2.45) is 0 Å². The van der Waals surface area contributed by atoms with Gasteiger partial charge >= 0.3 is 0 Å². The molecule has 0 saturated heterocycles. The van der Waals surface area contributed by atoms with E-state index in [0.717, 1.165) is 50.4 Å². The summed E-state index contributed by atoms with van der Waals surface area (Å²) < 4.78 is 6.77. The van der Waals surface area contributed by atoms with Gasteiger partial charge in [0.05, 0.1) is 5.41 Å². The van der Waals surface area contributed by atoms with Crippen molar-refractivity contribution in [2.75, 3.05) is 0 Å². The summed E-state index contributed by atoms with van der Waals surface area (Å²) in [6, 6.07) is 61.8. The monoisotopic (exact) mass is 681 g/mol. The Labute approximate surface area is 309 Å². The van der Waals surface area contributed by atoms with Crippen molar-refractivity contribution in [3.8, 4) is 56.8 Å². The molecular formula is C49H35N3O. The molecule has 0 saturated carbocycles. The Morgan fingerprint density at radius 2 is 0.792 bits per heavy atom. The Balaban J connectivity index is 1.23. The second kappa shape index (κ2) is 12.0. The summed E-state index contributed by atoms with van der Waals surface area (Å²) in [4.78, 5) is 15.4. The van der Waals surface area contributed by atoms with Gasteiger partial charge in [-0.2, -0.15) is 0 Å². The zero-order valence-corrected chi connectivity index (χ0v) is 29.5. The summed E-state index contributed by atoms with van der Waals surface area (Å²) in [6.07, 6.45) is 0. The van der Waals surface area contributed by atoms with Crippen LogP contribution in [0.5, 0.6) is 11.5 Å². The maximum atomic E-state index is 6.77. The number of rotatable bonds is 4. The SMILES string of the molecule is CC1(C)c2ccccc2C2(c3ccccc3Oc3ccc(-c4nc(-c5ccccc5)nc(-c5cccc(-c6ccccc6)c5)n4)cc32)c2ccccc21. The van der Waals surface area contributed by atoms with Crippen LogP contribution in [0.25, 0.3) is 45.3 Å². The minimum atomic E-state index is -0.634. The van der Waals surface area contributed by atoms with Crippen molar-refractivity contribution in [1.29, 1.82) is 0 Å². The smallest absolute Gasteiger partial charge is 0.164 e. The second-order valence-corrected chi connectivity index (χ2v) is 14.4. The highest BCUT2D eigenvalue weighted by Crippen LogP contribution is 2.61. The average molecular weight is 682 g/mol. The minimum absolute atomic E-state index is 0.203. The van der Waals surface area contributed by atoms with Gasteiger partial charge in [0.15, 0.2) is 17.5 Å². The molecule has 252 valence electrons. The predicted octanol–water partition coefficient (Wildman–Crippen LogP) is 11.7. The van der Waals surface area contributed by atoms with E-state index in [-0.39, 0.29) is 5.41 Å². The van der Waals surface area contributed by atoms with E-state index in [1.54, 1.807) is 0 Å². The lowest BCUT2D eigenvalue weighted by Gasteiger charge is -2.50. The van der Waals surface area contributed by atoms with Crippen LogP contribution < -0.4 is 4.74 Å². The molecule has 2 heterocycles. The Morgan fingerprint density at radius 3 is 1.43 bits per heavy atom. The fraction of sp³-hybridized carbons (Fsp3) is 0.0816. The highest BCUT2D eigenvalue weighted by molar-refractivity contribution is 5.78. The van der Waals surface area contributed by atoms with E-state index in [0.29, 0.717) is 17.5 Å². The van der Waals surface area contributed by atoms with Gasteiger partial charge in [0.1, 0.15) is 11.5 Å². The summed E-state index contributed by atoms with van der Waals surface area (Å²) in [5.74, 6) is 3.54. The highest BCUT2D eigenvalue weighted by Gasteiger charge is 2.52. The fourth-order valence-electron chi connectivity index (χ4n) is 8.58. The van der Waals surface area contributed by atoms with E-state index in [4.69, 9.17) is 19.7 Å². The lowest BCUT2D eigenvalue weighted by Crippen LogP contribution is -2.43. The Bertz CT molecular complexity index is 2630. The molecule has 0 amide bonds. The molecule has 10 rings (SSSR count). The van der Waals surface area contributed by atoms with Gasteiger partial charge in [-0.25, -0.2) is 15.0 Å². The maximum absolute atomic E-state index is 6.77. The first-order valence-electron chi connectivity index (χ1n) is 18.1. The normalized spacial score (nSPS) is 14.3. The van der Waals surface area contributed by atoms with Crippen LogP contribution in [-0.2, 0) is 10.8 Å². The van der Waals surface area contributed by atoms with E-state index >= 15 is 0 Å². The summed E-state index contributed by atoms with van der Waals surface area (Å²) in [6.45, 7) is 4.68. The van der Waals surface area contributed by atoms with Gasteiger partial charge in [-0.1, -0.05) is 159 Å². The number of nitrogens with zero attached hydrogens (tertiary/aromatic N) is 3. The molecule has 53 heavy (non-hydrogen) atoms. The third kappa shape index (κ3) is 4.79. The van der Waals surface area contributed by atoms with Crippen LogP contribution in [0.2, 0.25) is 0 Å². The maximum Gasteiger partial charge on any atom is 0.164 e. The largest absolute Gasteiger partial charge is 0.457 e. The molecule has 0 fully saturated rings. The van der Waals surface area contributed by atoms with Crippen LogP contribution >= 0.6 is 0 Å². The van der Waals surface area contributed by atoms with Gasteiger partial charge in [-0.15, -0.1) is 0 Å². The first-order chi connectivity index (χ1) is 26.0. The molecule has 1 spiro atoms. The molecule has 1 aliphatic carbocycles. The van der Waals surface area contributed by atoms with E-state index in [1.165, 1.54) is 22.3 Å². The third-order valence-electron chi connectivity index (χ3n) is 11.1. The molecule has 8 aromatic rings. The first-order valence-corrected chi connectivity index (χ1v) is 18.1. The highest BCUT2D eigenvalue weighted by atomic mass is 16.5. The Morgan fingerprint density at radius 1 is 0.340 bits per heavy atom. The molecule has 0 bridgehead atoms. The van der Waals surface area contributed by atoms with Gasteiger partial charge in [0.2, 0.25) is 0 Å². The van der Waals surface area contributed by atoms with Gasteiger partial charge in [-0.05, 0) is 63.7 Å². The minimum Gasteiger partial charge on any atom is -0.457 e. The van der Waals surface area contributed by atoms with Crippen molar-refractivity contribution in [3.63, 3.8) is 0 Å². The molecule has 0 atom stereocenters. The predicted molar refractivity (Wildman–Crippen MR) is 212 cm³/mol. The van der Waals surface area contributed by atoms with Gasteiger partial charge in [0.25, 0.3) is 0 Å². The summed E-state index contributed by atoms with van der Waals surface area (Å²) >= 11 is 0. The zero-order valence-electron chi connectivity index (χ0n) is 29.5. The first kappa shape index (κ1) is 31.1. The zero-order chi connectivity index (χ0) is 35.6. The summed E-state index contributed by atoms with van der Waals surface area (Å²) in [5.41, 5.74) is 11.5. The van der Waals surface area contributed by atoms with Crippen molar-refractivity contribution in [2.45, 2.75) is 24.7 Å². The molecule has 1 aromatic heterocycles. The van der Waals surface area contributed by atoms with Crippen LogP contribution in [0, 0.1) is 0 Å².